The predicted octanol–water partition coefficient (Wildman–Crippen LogP) is 2.00. The highest BCUT2D eigenvalue weighted by molar-refractivity contribution is 6.32. The second kappa shape index (κ2) is 6.26. The summed E-state index contributed by atoms with van der Waals surface area (Å²) in [5.41, 5.74) is 1.08. The zero-order valence-electron chi connectivity index (χ0n) is 11.0. The van der Waals surface area contributed by atoms with Crippen LogP contribution >= 0.6 is 11.6 Å². The molecule has 0 atom stereocenters. The molecule has 1 aliphatic rings. The fraction of sp³-hybridized carbons (Fsp3) is 0.500. The van der Waals surface area contributed by atoms with Gasteiger partial charge in [-0.25, -0.2) is 0 Å². The average molecular weight is 283 g/mol. The van der Waals surface area contributed by atoms with Crippen LogP contribution in [0.25, 0.3) is 0 Å². The van der Waals surface area contributed by atoms with Crippen LogP contribution in [0.5, 0.6) is 5.75 Å². The number of hydrogen-bond acceptors (Lipinski definition) is 3. The minimum atomic E-state index is 0.115. The third kappa shape index (κ3) is 3.61. The van der Waals surface area contributed by atoms with Crippen LogP contribution in [0.2, 0.25) is 5.02 Å². The van der Waals surface area contributed by atoms with Crippen molar-refractivity contribution in [3.8, 4) is 5.75 Å². The normalized spacial score (nSPS) is 17.4. The number of nitrogens with one attached hydrogen (secondary N) is 1. The summed E-state index contributed by atoms with van der Waals surface area (Å²) >= 11 is 5.89. The van der Waals surface area contributed by atoms with Crippen molar-refractivity contribution in [2.24, 2.45) is 5.92 Å². The van der Waals surface area contributed by atoms with Crippen LogP contribution in [0.15, 0.2) is 18.2 Å². The lowest BCUT2D eigenvalue weighted by Crippen LogP contribution is -2.39. The molecule has 0 aliphatic carbocycles. The minimum Gasteiger partial charge on any atom is -0.506 e. The Morgan fingerprint density at radius 3 is 2.74 bits per heavy atom. The number of nitrogens with zero attached hydrogens (tertiary/aromatic N) is 1. The third-order valence-electron chi connectivity index (χ3n) is 3.62. The molecule has 0 radical (unpaired) electrons. The summed E-state index contributed by atoms with van der Waals surface area (Å²) in [5, 5.41) is 12.5. The number of rotatable bonds is 3. The lowest BCUT2D eigenvalue weighted by atomic mass is 9.95. The van der Waals surface area contributed by atoms with E-state index in [9.17, 15) is 9.90 Å². The maximum atomic E-state index is 11.5. The molecule has 2 N–H and O–H groups in total. The Hall–Kier alpha value is -1.26. The molecule has 0 unspecified atom stereocenters. The topological polar surface area (TPSA) is 52.6 Å². The van der Waals surface area contributed by atoms with Crippen LogP contribution in [0, 0.1) is 5.92 Å². The van der Waals surface area contributed by atoms with Crippen molar-refractivity contribution in [2.45, 2.75) is 19.4 Å². The standard InChI is InChI=1S/C14H19ClN2O2/c1-16-14(19)11-4-6-17(7-5-11)9-10-2-3-13(18)12(15)8-10/h2-3,8,11,18H,4-7,9H2,1H3,(H,16,19). The number of amides is 1. The van der Waals surface area contributed by atoms with E-state index >= 15 is 0 Å². The molecular weight excluding hydrogens is 264 g/mol. The number of piperidine rings is 1. The van der Waals surface area contributed by atoms with E-state index < -0.39 is 0 Å². The van der Waals surface area contributed by atoms with E-state index in [2.05, 4.69) is 10.2 Å². The van der Waals surface area contributed by atoms with Crippen molar-refractivity contribution in [1.29, 1.82) is 0 Å². The van der Waals surface area contributed by atoms with Gasteiger partial charge in [0, 0.05) is 19.5 Å². The van der Waals surface area contributed by atoms with Crippen molar-refractivity contribution >= 4 is 17.5 Å². The summed E-state index contributed by atoms with van der Waals surface area (Å²) in [6.45, 7) is 2.63. The maximum Gasteiger partial charge on any atom is 0.222 e. The summed E-state index contributed by atoms with van der Waals surface area (Å²) in [7, 11) is 1.69. The van der Waals surface area contributed by atoms with Crippen LogP contribution in [-0.4, -0.2) is 36.1 Å². The second-order valence-electron chi connectivity index (χ2n) is 4.95. The van der Waals surface area contributed by atoms with E-state index in [4.69, 9.17) is 11.6 Å². The van der Waals surface area contributed by atoms with E-state index in [-0.39, 0.29) is 17.6 Å². The molecule has 5 heteroatoms. The van der Waals surface area contributed by atoms with Gasteiger partial charge in [-0.3, -0.25) is 9.69 Å². The van der Waals surface area contributed by atoms with Gasteiger partial charge in [-0.2, -0.15) is 0 Å². The Morgan fingerprint density at radius 2 is 2.16 bits per heavy atom. The van der Waals surface area contributed by atoms with Crippen LogP contribution in [0.3, 0.4) is 0 Å². The van der Waals surface area contributed by atoms with Crippen LogP contribution in [0.1, 0.15) is 18.4 Å². The largest absolute Gasteiger partial charge is 0.506 e. The molecule has 4 nitrogen and oxygen atoms in total. The van der Waals surface area contributed by atoms with Crippen molar-refractivity contribution in [3.63, 3.8) is 0 Å². The van der Waals surface area contributed by atoms with E-state index in [0.717, 1.165) is 38.0 Å². The molecule has 1 fully saturated rings. The highest BCUT2D eigenvalue weighted by Crippen LogP contribution is 2.25. The fourth-order valence-corrected chi connectivity index (χ4v) is 2.67. The van der Waals surface area contributed by atoms with E-state index in [1.165, 1.54) is 0 Å². The maximum absolute atomic E-state index is 11.5. The number of phenols is 1. The SMILES string of the molecule is CNC(=O)C1CCN(Cc2ccc(O)c(Cl)c2)CC1. The Kier molecular flexibility index (Phi) is 4.66. The molecule has 104 valence electrons. The van der Waals surface area contributed by atoms with Gasteiger partial charge in [0.2, 0.25) is 5.91 Å². The summed E-state index contributed by atoms with van der Waals surface area (Å²) in [5.74, 6) is 0.403. The smallest absolute Gasteiger partial charge is 0.222 e. The molecule has 1 heterocycles. The first-order chi connectivity index (χ1) is 9.10. The highest BCUT2D eigenvalue weighted by atomic mass is 35.5. The zero-order valence-corrected chi connectivity index (χ0v) is 11.8. The molecule has 1 amide bonds. The quantitative estimate of drug-likeness (QED) is 0.892. The van der Waals surface area contributed by atoms with Gasteiger partial charge in [-0.05, 0) is 43.6 Å². The number of aromatic hydroxyl groups is 1. The lowest BCUT2D eigenvalue weighted by molar-refractivity contribution is -0.125. The Balaban J connectivity index is 1.88. The monoisotopic (exact) mass is 282 g/mol. The third-order valence-corrected chi connectivity index (χ3v) is 3.93. The van der Waals surface area contributed by atoms with Gasteiger partial charge in [0.1, 0.15) is 5.75 Å². The van der Waals surface area contributed by atoms with Gasteiger partial charge in [0.15, 0.2) is 0 Å². The first-order valence-electron chi connectivity index (χ1n) is 6.51. The van der Waals surface area contributed by atoms with Crippen molar-refractivity contribution < 1.29 is 9.90 Å². The molecule has 1 saturated heterocycles. The number of carbonyl (C=O) groups excluding carboxylic acids is 1. The first kappa shape index (κ1) is 14.2. The van der Waals surface area contributed by atoms with Gasteiger partial charge in [0.05, 0.1) is 5.02 Å². The molecular formula is C14H19ClN2O2. The number of phenolic OH excluding ortho intramolecular Hbond substituents is 1. The summed E-state index contributed by atoms with van der Waals surface area (Å²) < 4.78 is 0. The van der Waals surface area contributed by atoms with Gasteiger partial charge in [-0.15, -0.1) is 0 Å². The fourth-order valence-electron chi connectivity index (χ4n) is 2.46. The van der Waals surface area contributed by atoms with Crippen LogP contribution in [0.4, 0.5) is 0 Å². The molecule has 0 spiro atoms. The average Bonchev–Trinajstić information content (AvgIpc) is 2.43. The number of carbonyl (C=O) groups is 1. The van der Waals surface area contributed by atoms with Crippen molar-refractivity contribution in [1.82, 2.24) is 10.2 Å². The predicted molar refractivity (Wildman–Crippen MR) is 75.2 cm³/mol. The van der Waals surface area contributed by atoms with Gasteiger partial charge in [-0.1, -0.05) is 17.7 Å². The van der Waals surface area contributed by atoms with E-state index in [0.29, 0.717) is 5.02 Å². The van der Waals surface area contributed by atoms with Crippen molar-refractivity contribution in [3.05, 3.63) is 28.8 Å². The van der Waals surface area contributed by atoms with Gasteiger partial charge < -0.3 is 10.4 Å². The molecule has 19 heavy (non-hydrogen) atoms. The van der Waals surface area contributed by atoms with E-state index in [1.54, 1.807) is 19.2 Å². The first-order valence-corrected chi connectivity index (χ1v) is 6.89. The molecule has 0 bridgehead atoms. The molecule has 1 aromatic rings. The molecule has 0 aromatic heterocycles. The number of halogens is 1. The molecule has 1 aliphatic heterocycles. The summed E-state index contributed by atoms with van der Waals surface area (Å²) in [6.07, 6.45) is 1.79. The zero-order chi connectivity index (χ0) is 13.8. The van der Waals surface area contributed by atoms with Crippen LogP contribution < -0.4 is 5.32 Å². The molecule has 1 aromatic carbocycles. The van der Waals surface area contributed by atoms with Crippen LogP contribution in [-0.2, 0) is 11.3 Å². The van der Waals surface area contributed by atoms with Gasteiger partial charge in [0.25, 0.3) is 0 Å². The minimum absolute atomic E-state index is 0.115. The Bertz CT molecular complexity index is 457. The Morgan fingerprint density at radius 1 is 1.47 bits per heavy atom. The summed E-state index contributed by atoms with van der Waals surface area (Å²) in [6, 6.07) is 5.29. The lowest BCUT2D eigenvalue weighted by Gasteiger charge is -2.31. The number of likely N-dealkylation sites (tertiary alicyclic amines) is 1. The summed E-state index contributed by atoms with van der Waals surface area (Å²) in [4.78, 5) is 13.8. The molecule has 2 rings (SSSR count). The Labute approximate surface area is 118 Å². The second-order valence-corrected chi connectivity index (χ2v) is 5.36. The van der Waals surface area contributed by atoms with E-state index in [1.807, 2.05) is 6.07 Å². The number of benzene rings is 1. The molecule has 0 saturated carbocycles. The van der Waals surface area contributed by atoms with Crippen molar-refractivity contribution in [2.75, 3.05) is 20.1 Å². The number of hydrogen-bond donors (Lipinski definition) is 2. The van der Waals surface area contributed by atoms with Gasteiger partial charge >= 0.3 is 0 Å². The highest BCUT2D eigenvalue weighted by Gasteiger charge is 2.24.